The van der Waals surface area contributed by atoms with Crippen LogP contribution in [0.5, 0.6) is 0 Å². The van der Waals surface area contributed by atoms with Crippen molar-refractivity contribution in [1.82, 2.24) is 5.32 Å². The second kappa shape index (κ2) is 7.54. The van der Waals surface area contributed by atoms with Crippen LogP contribution in [0.1, 0.15) is 26.7 Å². The summed E-state index contributed by atoms with van der Waals surface area (Å²) >= 11 is 0. The van der Waals surface area contributed by atoms with Gasteiger partial charge in [-0.05, 0) is 32.6 Å². The van der Waals surface area contributed by atoms with Crippen molar-refractivity contribution >= 4 is 22.7 Å². The predicted molar refractivity (Wildman–Crippen MR) is 80.4 cm³/mol. The lowest BCUT2D eigenvalue weighted by molar-refractivity contribution is -0.120. The quantitative estimate of drug-likeness (QED) is 0.663. The number of carbonyl (C=O) groups is 1. The summed E-state index contributed by atoms with van der Waals surface area (Å²) in [6.45, 7) is 12.4. The predicted octanol–water partition coefficient (Wildman–Crippen LogP) is 2.44. The van der Waals surface area contributed by atoms with Gasteiger partial charge in [0.25, 0.3) is 0 Å². The van der Waals surface area contributed by atoms with Crippen LogP contribution in [0, 0.1) is 0 Å². The summed E-state index contributed by atoms with van der Waals surface area (Å²) in [6, 6.07) is -0.0299. The molecule has 1 N–H and O–H groups in total. The van der Waals surface area contributed by atoms with Crippen molar-refractivity contribution in [2.24, 2.45) is 0 Å². The number of hydrogen-bond donors (Lipinski definition) is 1. The van der Waals surface area contributed by atoms with Crippen LogP contribution in [0.2, 0.25) is 26.2 Å². The molecule has 0 bridgehead atoms. The fourth-order valence-electron chi connectivity index (χ4n) is 1.84. The van der Waals surface area contributed by atoms with Crippen LogP contribution < -0.4 is 5.32 Å². The second-order valence-corrected chi connectivity index (χ2v) is 13.5. The molecule has 108 valence electrons. The molecule has 0 saturated heterocycles. The summed E-state index contributed by atoms with van der Waals surface area (Å²) in [6.07, 6.45) is 2.21. The topological polar surface area (TPSA) is 47.6 Å². The van der Waals surface area contributed by atoms with Crippen LogP contribution in [0.3, 0.4) is 0 Å². The van der Waals surface area contributed by atoms with E-state index >= 15 is 0 Å². The Bertz CT molecular complexity index is 270. The molecule has 1 atom stereocenters. The maximum Gasteiger partial charge on any atom is 0.321 e. The Labute approximate surface area is 114 Å². The van der Waals surface area contributed by atoms with Crippen molar-refractivity contribution < 1.29 is 13.3 Å². The second-order valence-electron chi connectivity index (χ2n) is 5.63. The van der Waals surface area contributed by atoms with Gasteiger partial charge in [-0.15, -0.1) is 0 Å². The molecule has 4 nitrogen and oxygen atoms in total. The van der Waals surface area contributed by atoms with Crippen molar-refractivity contribution in [2.75, 3.05) is 13.3 Å². The van der Waals surface area contributed by atoms with E-state index < -0.39 is 16.9 Å². The van der Waals surface area contributed by atoms with Crippen molar-refractivity contribution in [1.29, 1.82) is 0 Å². The van der Waals surface area contributed by atoms with Gasteiger partial charge in [0.05, 0.1) is 6.04 Å². The van der Waals surface area contributed by atoms with Gasteiger partial charge in [0, 0.05) is 19.7 Å². The van der Waals surface area contributed by atoms with E-state index in [1.807, 2.05) is 13.8 Å². The Morgan fingerprint density at radius 1 is 1.22 bits per heavy atom. The van der Waals surface area contributed by atoms with Crippen molar-refractivity contribution in [3.63, 3.8) is 0 Å². The molecule has 1 unspecified atom stereocenters. The largest absolute Gasteiger partial charge is 0.435 e. The number of nitrogens with one attached hydrogen (secondary N) is 1. The first-order valence-electron chi connectivity index (χ1n) is 6.69. The van der Waals surface area contributed by atoms with E-state index in [0.717, 1.165) is 12.6 Å². The monoisotopic (exact) mass is 291 g/mol. The third-order valence-electron chi connectivity index (χ3n) is 2.93. The molecule has 0 rings (SSSR count). The fourth-order valence-corrected chi connectivity index (χ4v) is 8.53. The summed E-state index contributed by atoms with van der Waals surface area (Å²) in [5, 5.41) is 3.36. The molecule has 0 aliphatic rings. The van der Waals surface area contributed by atoms with E-state index in [9.17, 15) is 4.79 Å². The molecule has 0 heterocycles. The average molecular weight is 292 g/mol. The minimum Gasteiger partial charge on any atom is -0.435 e. The number of hydrogen-bond acceptors (Lipinski definition) is 4. The number of Topliss-reactive ketones (excluding diaryl/α,β-unsaturated/α-hetero) is 1. The zero-order valence-corrected chi connectivity index (χ0v) is 14.9. The minimum atomic E-state index is -1.99. The minimum absolute atomic E-state index is 0.0299. The third kappa shape index (κ3) is 6.79. The van der Waals surface area contributed by atoms with Crippen LogP contribution in [0.4, 0.5) is 0 Å². The molecular weight excluding hydrogens is 262 g/mol. The standard InChI is InChI=1S/C12H29NO3Si2/c1-8-11(12(14)9-2)13-10-17(4,5)16-18(6,7)15-3/h11,13H,8-10H2,1-7H3. The first-order valence-corrected chi connectivity index (χ1v) is 12.6. The Balaban J connectivity index is 4.36. The lowest BCUT2D eigenvalue weighted by Gasteiger charge is -2.33. The van der Waals surface area contributed by atoms with Crippen molar-refractivity contribution in [3.05, 3.63) is 0 Å². The van der Waals surface area contributed by atoms with Crippen molar-refractivity contribution in [2.45, 2.75) is 58.9 Å². The normalized spacial score (nSPS) is 14.6. The van der Waals surface area contributed by atoms with Crippen LogP contribution in [-0.4, -0.2) is 42.0 Å². The Hall–Kier alpha value is -0.0162. The Morgan fingerprint density at radius 2 is 1.78 bits per heavy atom. The summed E-state index contributed by atoms with van der Waals surface area (Å²) < 4.78 is 11.6. The number of rotatable bonds is 9. The summed E-state index contributed by atoms with van der Waals surface area (Å²) in [7, 11) is -2.11. The Morgan fingerprint density at radius 3 is 2.17 bits per heavy atom. The van der Waals surface area contributed by atoms with Gasteiger partial charge in [0.1, 0.15) is 5.78 Å². The van der Waals surface area contributed by atoms with Gasteiger partial charge in [0.15, 0.2) is 8.32 Å². The molecule has 0 aromatic rings. The zero-order valence-electron chi connectivity index (χ0n) is 12.9. The highest BCUT2D eigenvalue weighted by Crippen LogP contribution is 2.14. The maximum atomic E-state index is 11.7. The zero-order chi connectivity index (χ0) is 14.4. The summed E-state index contributed by atoms with van der Waals surface area (Å²) in [5.74, 6) is 0.283. The van der Waals surface area contributed by atoms with Gasteiger partial charge >= 0.3 is 8.56 Å². The molecule has 0 amide bonds. The van der Waals surface area contributed by atoms with Gasteiger partial charge in [-0.1, -0.05) is 13.8 Å². The molecule has 0 radical (unpaired) electrons. The van der Waals surface area contributed by atoms with Crippen LogP contribution >= 0.6 is 0 Å². The lowest BCUT2D eigenvalue weighted by Crippen LogP contribution is -2.54. The SMILES string of the molecule is CCC(=O)C(CC)NC[Si](C)(C)O[Si](C)(C)OC. The van der Waals surface area contributed by atoms with E-state index in [1.165, 1.54) is 0 Å². The average Bonchev–Trinajstić information content (AvgIpc) is 2.28. The molecule has 0 aromatic carbocycles. The van der Waals surface area contributed by atoms with Gasteiger partial charge < -0.3 is 13.9 Å². The summed E-state index contributed by atoms with van der Waals surface area (Å²) in [4.78, 5) is 11.7. The molecule has 0 aliphatic carbocycles. The smallest absolute Gasteiger partial charge is 0.321 e. The van der Waals surface area contributed by atoms with Crippen LogP contribution in [0.25, 0.3) is 0 Å². The highest BCUT2D eigenvalue weighted by Gasteiger charge is 2.34. The molecule has 18 heavy (non-hydrogen) atoms. The molecule has 0 aliphatic heterocycles. The first kappa shape index (κ1) is 18.0. The highest BCUT2D eigenvalue weighted by molar-refractivity contribution is 6.82. The molecule has 0 spiro atoms. The number of ketones is 1. The lowest BCUT2D eigenvalue weighted by atomic mass is 10.1. The first-order chi connectivity index (χ1) is 8.17. The van der Waals surface area contributed by atoms with Crippen LogP contribution in [0.15, 0.2) is 0 Å². The Kier molecular flexibility index (Phi) is 7.54. The molecule has 6 heteroatoms. The number of carbonyl (C=O) groups excluding carboxylic acids is 1. The third-order valence-corrected chi connectivity index (χ3v) is 9.15. The van der Waals surface area contributed by atoms with E-state index in [0.29, 0.717) is 6.42 Å². The molecular formula is C12H29NO3Si2. The molecule has 0 saturated carbocycles. The van der Waals surface area contributed by atoms with Gasteiger partial charge in [-0.3, -0.25) is 4.79 Å². The van der Waals surface area contributed by atoms with E-state index in [-0.39, 0.29) is 11.8 Å². The van der Waals surface area contributed by atoms with E-state index in [4.69, 9.17) is 8.54 Å². The van der Waals surface area contributed by atoms with Gasteiger partial charge in [0.2, 0.25) is 0 Å². The fraction of sp³-hybridized carbons (Fsp3) is 0.917. The molecule has 0 aromatic heterocycles. The van der Waals surface area contributed by atoms with Gasteiger partial charge in [-0.25, -0.2) is 0 Å². The molecule has 0 fully saturated rings. The highest BCUT2D eigenvalue weighted by atomic mass is 28.4. The van der Waals surface area contributed by atoms with Crippen molar-refractivity contribution in [3.8, 4) is 0 Å². The summed E-state index contributed by atoms with van der Waals surface area (Å²) in [5.41, 5.74) is 0. The van der Waals surface area contributed by atoms with Crippen LogP contribution in [-0.2, 0) is 13.3 Å². The van der Waals surface area contributed by atoms with E-state index in [2.05, 4.69) is 31.5 Å². The van der Waals surface area contributed by atoms with Gasteiger partial charge in [-0.2, -0.15) is 0 Å². The maximum absolute atomic E-state index is 11.7. The van der Waals surface area contributed by atoms with E-state index in [1.54, 1.807) is 7.11 Å².